The summed E-state index contributed by atoms with van der Waals surface area (Å²) in [7, 11) is 3.22. The molecule has 4 aromatic rings. The number of piperidine rings is 1. The van der Waals surface area contributed by atoms with E-state index in [2.05, 4.69) is 15.1 Å². The molecule has 0 amide bonds. The third-order valence-electron chi connectivity index (χ3n) is 6.16. The number of aryl methyl sites for hydroxylation is 2. The number of benzene rings is 1. The van der Waals surface area contributed by atoms with Crippen LogP contribution in [0.3, 0.4) is 0 Å². The maximum Gasteiger partial charge on any atom is 0.261 e. The molecule has 7 nitrogen and oxygen atoms in total. The first-order valence-corrected chi connectivity index (χ1v) is 10.9. The Morgan fingerprint density at radius 1 is 1.21 bits per heavy atom. The average Bonchev–Trinajstić information content (AvgIpc) is 3.21. The minimum atomic E-state index is -2.93. The van der Waals surface area contributed by atoms with Gasteiger partial charge in [0.05, 0.1) is 23.8 Å². The van der Waals surface area contributed by atoms with Crippen LogP contribution in [-0.2, 0) is 14.1 Å². The van der Waals surface area contributed by atoms with E-state index in [1.54, 1.807) is 25.2 Å². The summed E-state index contributed by atoms with van der Waals surface area (Å²) < 4.78 is 47.3. The highest BCUT2D eigenvalue weighted by Crippen LogP contribution is 2.42. The molecule has 11 heteroatoms. The predicted molar refractivity (Wildman–Crippen MR) is 123 cm³/mol. The molecule has 0 aliphatic carbocycles. The third kappa shape index (κ3) is 3.81. The van der Waals surface area contributed by atoms with E-state index in [0.29, 0.717) is 11.4 Å². The van der Waals surface area contributed by atoms with E-state index < -0.39 is 24.1 Å². The minimum absolute atomic E-state index is 0.0192. The molecule has 34 heavy (non-hydrogen) atoms. The number of anilines is 1. The summed E-state index contributed by atoms with van der Waals surface area (Å²) >= 11 is 5.91. The molecular formula is C23H20ClF3N6O. The summed E-state index contributed by atoms with van der Waals surface area (Å²) in [6, 6.07) is 5.66. The Labute approximate surface area is 197 Å². The van der Waals surface area contributed by atoms with E-state index in [-0.39, 0.29) is 45.8 Å². The van der Waals surface area contributed by atoms with Gasteiger partial charge in [0.2, 0.25) is 0 Å². The van der Waals surface area contributed by atoms with Gasteiger partial charge in [0.25, 0.3) is 11.5 Å². The second kappa shape index (κ2) is 8.12. The van der Waals surface area contributed by atoms with E-state index in [0.717, 1.165) is 6.07 Å². The Balaban J connectivity index is 1.66. The first-order valence-electron chi connectivity index (χ1n) is 10.6. The minimum Gasteiger partial charge on any atom is -0.356 e. The molecule has 176 valence electrons. The van der Waals surface area contributed by atoms with Gasteiger partial charge in [-0.1, -0.05) is 11.6 Å². The lowest BCUT2D eigenvalue weighted by molar-refractivity contribution is -0.0424. The molecule has 1 aliphatic heterocycles. The molecule has 3 aromatic heterocycles. The molecule has 4 heterocycles. The molecule has 1 aliphatic rings. The zero-order valence-corrected chi connectivity index (χ0v) is 19.1. The van der Waals surface area contributed by atoms with Crippen molar-refractivity contribution in [3.05, 3.63) is 69.7 Å². The second-order valence-corrected chi connectivity index (χ2v) is 8.90. The number of aromatic nitrogens is 5. The van der Waals surface area contributed by atoms with Crippen molar-refractivity contribution in [1.29, 1.82) is 0 Å². The maximum atomic E-state index is 14.8. The van der Waals surface area contributed by atoms with E-state index in [1.807, 2.05) is 0 Å². The molecule has 0 radical (unpaired) electrons. The first-order chi connectivity index (χ1) is 16.1. The Morgan fingerprint density at radius 2 is 2.00 bits per heavy atom. The van der Waals surface area contributed by atoms with Gasteiger partial charge < -0.3 is 9.47 Å². The fourth-order valence-electron chi connectivity index (χ4n) is 4.32. The SMILES string of the molecule is Cn1cc([C@H]2CN(c3cc4c(=O)n(C)cnc4c(-c4ccc(Cl)cc4F)n3)CCC2(F)F)cn1. The van der Waals surface area contributed by atoms with Gasteiger partial charge >= 0.3 is 0 Å². The van der Waals surface area contributed by atoms with Crippen molar-refractivity contribution in [2.45, 2.75) is 18.3 Å². The predicted octanol–water partition coefficient (Wildman–Crippen LogP) is 4.15. The highest BCUT2D eigenvalue weighted by Gasteiger charge is 2.45. The van der Waals surface area contributed by atoms with Crippen molar-refractivity contribution in [2.75, 3.05) is 18.0 Å². The summed E-state index contributed by atoms with van der Waals surface area (Å²) in [5, 5.41) is 4.46. The highest BCUT2D eigenvalue weighted by molar-refractivity contribution is 6.30. The number of halogens is 4. The van der Waals surface area contributed by atoms with Gasteiger partial charge in [0, 0.05) is 56.0 Å². The summed E-state index contributed by atoms with van der Waals surface area (Å²) in [6.45, 7) is -0.0221. The average molecular weight is 489 g/mol. The quantitative estimate of drug-likeness (QED) is 0.433. The molecule has 5 rings (SSSR count). The summed E-state index contributed by atoms with van der Waals surface area (Å²) in [5.74, 6) is -4.37. The largest absolute Gasteiger partial charge is 0.356 e. The van der Waals surface area contributed by atoms with Gasteiger partial charge in [-0.05, 0) is 24.3 Å². The van der Waals surface area contributed by atoms with Crippen molar-refractivity contribution in [2.24, 2.45) is 14.1 Å². The molecule has 0 bridgehead atoms. The van der Waals surface area contributed by atoms with Crippen LogP contribution < -0.4 is 10.5 Å². The van der Waals surface area contributed by atoms with Gasteiger partial charge in [-0.25, -0.2) is 23.1 Å². The van der Waals surface area contributed by atoms with Crippen LogP contribution in [0.2, 0.25) is 5.02 Å². The summed E-state index contributed by atoms with van der Waals surface area (Å²) in [4.78, 5) is 23.5. The van der Waals surface area contributed by atoms with Crippen LogP contribution in [0.1, 0.15) is 17.9 Å². The van der Waals surface area contributed by atoms with Gasteiger partial charge in [-0.3, -0.25) is 9.48 Å². The number of alkyl halides is 2. The highest BCUT2D eigenvalue weighted by atomic mass is 35.5. The standard InChI is InChI=1S/C23H20ClF3N6O/c1-31-12-28-20-16(22(31)34)8-19(30-21(20)15-4-3-14(24)7-18(15)25)33-6-5-23(26,27)17(11-33)13-9-29-32(2)10-13/h3-4,7-10,12,17H,5-6,11H2,1-2H3/t17-/m1/s1. The molecule has 0 spiro atoms. The van der Waals surface area contributed by atoms with E-state index >= 15 is 0 Å². The van der Waals surface area contributed by atoms with Crippen LogP contribution in [0, 0.1) is 5.82 Å². The van der Waals surface area contributed by atoms with Crippen molar-refractivity contribution in [3.8, 4) is 11.3 Å². The fourth-order valence-corrected chi connectivity index (χ4v) is 4.48. The normalized spacial score (nSPS) is 17.9. The Morgan fingerprint density at radius 3 is 2.71 bits per heavy atom. The van der Waals surface area contributed by atoms with Crippen LogP contribution in [-0.4, -0.2) is 43.3 Å². The number of fused-ring (bicyclic) bond motifs is 1. The number of hydrogen-bond acceptors (Lipinski definition) is 5. The zero-order valence-electron chi connectivity index (χ0n) is 18.3. The molecule has 0 N–H and O–H groups in total. The van der Waals surface area contributed by atoms with Crippen molar-refractivity contribution in [3.63, 3.8) is 0 Å². The Bertz CT molecular complexity index is 1470. The number of rotatable bonds is 3. The van der Waals surface area contributed by atoms with E-state index in [9.17, 15) is 18.0 Å². The van der Waals surface area contributed by atoms with Crippen molar-refractivity contribution >= 4 is 28.3 Å². The molecule has 1 fully saturated rings. The summed E-state index contributed by atoms with van der Waals surface area (Å²) in [6.07, 6.45) is 3.94. The van der Waals surface area contributed by atoms with Gasteiger partial charge in [-0.15, -0.1) is 0 Å². The lowest BCUT2D eigenvalue weighted by atomic mass is 9.88. The third-order valence-corrected chi connectivity index (χ3v) is 6.39. The lowest BCUT2D eigenvalue weighted by Crippen LogP contribution is -2.46. The molecule has 0 saturated carbocycles. The van der Waals surface area contributed by atoms with Gasteiger partial charge in [0.1, 0.15) is 22.8 Å². The van der Waals surface area contributed by atoms with E-state index in [4.69, 9.17) is 11.6 Å². The van der Waals surface area contributed by atoms with Crippen molar-refractivity contribution < 1.29 is 13.2 Å². The molecule has 1 aromatic carbocycles. The molecular weight excluding hydrogens is 469 g/mol. The first kappa shape index (κ1) is 22.4. The smallest absolute Gasteiger partial charge is 0.261 e. The van der Waals surface area contributed by atoms with Crippen LogP contribution >= 0.6 is 11.6 Å². The molecule has 1 saturated heterocycles. The number of hydrogen-bond donors (Lipinski definition) is 0. The van der Waals surface area contributed by atoms with Crippen LogP contribution in [0.15, 0.2) is 47.8 Å². The number of pyridine rings is 1. The second-order valence-electron chi connectivity index (χ2n) is 8.47. The molecule has 1 atom stereocenters. The topological polar surface area (TPSA) is 68.8 Å². The fraction of sp³-hybridized carbons (Fsp3) is 0.304. The van der Waals surface area contributed by atoms with Crippen molar-refractivity contribution in [1.82, 2.24) is 24.3 Å². The Kier molecular flexibility index (Phi) is 5.35. The lowest BCUT2D eigenvalue weighted by Gasteiger charge is -2.38. The van der Waals surface area contributed by atoms with Gasteiger partial charge in [0.15, 0.2) is 0 Å². The van der Waals surface area contributed by atoms with Crippen LogP contribution in [0.5, 0.6) is 0 Å². The number of nitrogens with zero attached hydrogens (tertiary/aromatic N) is 6. The summed E-state index contributed by atoms with van der Waals surface area (Å²) in [5.41, 5.74) is 0.548. The maximum absolute atomic E-state index is 14.8. The van der Waals surface area contributed by atoms with E-state index in [1.165, 1.54) is 40.0 Å². The van der Waals surface area contributed by atoms with Crippen LogP contribution in [0.25, 0.3) is 22.2 Å². The Hall–Kier alpha value is -3.40. The van der Waals surface area contributed by atoms with Crippen LogP contribution in [0.4, 0.5) is 19.0 Å². The monoisotopic (exact) mass is 488 g/mol. The molecule has 0 unspecified atom stereocenters. The van der Waals surface area contributed by atoms with Gasteiger partial charge in [-0.2, -0.15) is 5.10 Å². The zero-order chi connectivity index (χ0) is 24.2.